The quantitative estimate of drug-likeness (QED) is 0.853. The summed E-state index contributed by atoms with van der Waals surface area (Å²) in [6.07, 6.45) is 4.47. The molecule has 15 heavy (non-hydrogen) atoms. The number of nitrogens with two attached hydrogens (primary N) is 1. The van der Waals surface area contributed by atoms with E-state index < -0.39 is 0 Å². The molecule has 1 aliphatic carbocycles. The second-order valence-corrected chi connectivity index (χ2v) is 4.58. The fourth-order valence-electron chi connectivity index (χ4n) is 1.64. The average molecular weight is 226 g/mol. The third-order valence-electron chi connectivity index (χ3n) is 2.70. The van der Waals surface area contributed by atoms with Gasteiger partial charge in [0.25, 0.3) is 0 Å². The third kappa shape index (κ3) is 2.61. The van der Waals surface area contributed by atoms with Gasteiger partial charge in [0.05, 0.1) is 5.02 Å². The Balaban J connectivity index is 2.11. The van der Waals surface area contributed by atoms with Crippen LogP contribution in [-0.2, 0) is 6.54 Å². The summed E-state index contributed by atoms with van der Waals surface area (Å²) in [5.74, 6) is 1.70. The van der Waals surface area contributed by atoms with Crippen LogP contribution in [0.4, 0.5) is 5.82 Å². The molecule has 2 rings (SSSR count). The number of nitrogens with zero attached hydrogens (tertiary/aromatic N) is 2. The van der Waals surface area contributed by atoms with E-state index in [-0.39, 0.29) is 0 Å². The van der Waals surface area contributed by atoms with E-state index in [1.807, 2.05) is 13.1 Å². The Bertz CT molecular complexity index is 350. The van der Waals surface area contributed by atoms with Gasteiger partial charge in [-0.3, -0.25) is 0 Å². The first-order chi connectivity index (χ1) is 7.20. The molecule has 1 saturated carbocycles. The van der Waals surface area contributed by atoms with E-state index in [0.29, 0.717) is 11.6 Å². The van der Waals surface area contributed by atoms with Gasteiger partial charge in [-0.25, -0.2) is 4.98 Å². The molecule has 0 aromatic carbocycles. The molecule has 0 saturated heterocycles. The molecule has 1 heterocycles. The van der Waals surface area contributed by atoms with Crippen LogP contribution in [0, 0.1) is 5.92 Å². The van der Waals surface area contributed by atoms with Crippen molar-refractivity contribution < 1.29 is 0 Å². The minimum absolute atomic E-state index is 0.485. The minimum atomic E-state index is 0.485. The zero-order valence-corrected chi connectivity index (χ0v) is 9.67. The summed E-state index contributed by atoms with van der Waals surface area (Å²) in [6, 6.07) is 1.90. The van der Waals surface area contributed by atoms with E-state index >= 15 is 0 Å². The maximum absolute atomic E-state index is 6.15. The molecule has 0 radical (unpaired) electrons. The third-order valence-corrected chi connectivity index (χ3v) is 2.98. The molecule has 3 nitrogen and oxygen atoms in total. The van der Waals surface area contributed by atoms with Crippen molar-refractivity contribution in [1.82, 2.24) is 4.98 Å². The van der Waals surface area contributed by atoms with Crippen LogP contribution in [0.25, 0.3) is 0 Å². The van der Waals surface area contributed by atoms with Gasteiger partial charge < -0.3 is 10.6 Å². The highest BCUT2D eigenvalue weighted by atomic mass is 35.5. The summed E-state index contributed by atoms with van der Waals surface area (Å²) in [5.41, 5.74) is 6.50. The second kappa shape index (κ2) is 4.37. The average Bonchev–Trinajstić information content (AvgIpc) is 3.01. The lowest BCUT2D eigenvalue weighted by atomic mass is 10.3. The molecule has 0 atom stereocenters. The van der Waals surface area contributed by atoms with Gasteiger partial charge in [0.2, 0.25) is 0 Å². The Morgan fingerprint density at radius 2 is 2.33 bits per heavy atom. The van der Waals surface area contributed by atoms with Crippen LogP contribution in [0.3, 0.4) is 0 Å². The number of halogens is 1. The summed E-state index contributed by atoms with van der Waals surface area (Å²) >= 11 is 6.15. The number of pyridine rings is 1. The highest BCUT2D eigenvalue weighted by Crippen LogP contribution is 2.32. The largest absolute Gasteiger partial charge is 0.358 e. The maximum Gasteiger partial charge on any atom is 0.147 e. The van der Waals surface area contributed by atoms with Crippen molar-refractivity contribution in [2.75, 3.05) is 18.5 Å². The number of rotatable bonds is 4. The molecule has 1 aliphatic rings. The van der Waals surface area contributed by atoms with Gasteiger partial charge in [0.1, 0.15) is 5.82 Å². The Hall–Kier alpha value is -0.800. The van der Waals surface area contributed by atoms with Gasteiger partial charge in [-0.05, 0) is 30.4 Å². The molecule has 1 aromatic heterocycles. The number of aromatic nitrogens is 1. The molecule has 0 aliphatic heterocycles. The topological polar surface area (TPSA) is 42.2 Å². The first-order valence-corrected chi connectivity index (χ1v) is 5.64. The van der Waals surface area contributed by atoms with Crippen molar-refractivity contribution in [3.63, 3.8) is 0 Å². The Kier molecular flexibility index (Phi) is 3.12. The fourth-order valence-corrected chi connectivity index (χ4v) is 1.97. The lowest BCUT2D eigenvalue weighted by Gasteiger charge is -2.19. The number of hydrogen-bond donors (Lipinski definition) is 1. The lowest BCUT2D eigenvalue weighted by Crippen LogP contribution is -2.21. The Morgan fingerprint density at radius 1 is 1.60 bits per heavy atom. The summed E-state index contributed by atoms with van der Waals surface area (Å²) in [6.45, 7) is 1.54. The van der Waals surface area contributed by atoms with Crippen molar-refractivity contribution in [2.45, 2.75) is 19.4 Å². The second-order valence-electron chi connectivity index (χ2n) is 4.18. The first-order valence-electron chi connectivity index (χ1n) is 5.26. The molecule has 0 unspecified atom stereocenters. The smallest absolute Gasteiger partial charge is 0.147 e. The van der Waals surface area contributed by atoms with Crippen molar-refractivity contribution in [3.05, 3.63) is 22.8 Å². The van der Waals surface area contributed by atoms with E-state index in [4.69, 9.17) is 17.3 Å². The molecule has 0 amide bonds. The van der Waals surface area contributed by atoms with Crippen LogP contribution < -0.4 is 10.6 Å². The van der Waals surface area contributed by atoms with E-state index in [1.54, 1.807) is 6.20 Å². The van der Waals surface area contributed by atoms with Crippen molar-refractivity contribution in [1.29, 1.82) is 0 Å². The van der Waals surface area contributed by atoms with Gasteiger partial charge in [-0.1, -0.05) is 11.6 Å². The van der Waals surface area contributed by atoms with Gasteiger partial charge in [-0.15, -0.1) is 0 Å². The molecule has 82 valence electrons. The summed E-state index contributed by atoms with van der Waals surface area (Å²) in [5, 5.41) is 0.695. The highest BCUT2D eigenvalue weighted by molar-refractivity contribution is 6.33. The van der Waals surface area contributed by atoms with Crippen molar-refractivity contribution in [2.24, 2.45) is 11.7 Å². The predicted octanol–water partition coefficient (Wildman–Crippen LogP) is 2.04. The standard InChI is InChI=1S/C11H16ClN3/c1-15(7-8-2-3-8)11-10(12)4-9(5-13)6-14-11/h4,6,8H,2-3,5,7,13H2,1H3. The van der Waals surface area contributed by atoms with E-state index in [0.717, 1.165) is 23.8 Å². The zero-order valence-electron chi connectivity index (χ0n) is 8.91. The molecule has 0 spiro atoms. The molecule has 1 aromatic rings. The zero-order chi connectivity index (χ0) is 10.8. The number of anilines is 1. The van der Waals surface area contributed by atoms with Gasteiger partial charge in [0.15, 0.2) is 0 Å². The maximum atomic E-state index is 6.15. The molecule has 4 heteroatoms. The van der Waals surface area contributed by atoms with Crippen LogP contribution >= 0.6 is 11.6 Å². The van der Waals surface area contributed by atoms with Crippen LogP contribution in [0.1, 0.15) is 18.4 Å². The summed E-state index contributed by atoms with van der Waals surface area (Å²) < 4.78 is 0. The monoisotopic (exact) mass is 225 g/mol. The van der Waals surface area contributed by atoms with Gasteiger partial charge in [-0.2, -0.15) is 0 Å². The molecular weight excluding hydrogens is 210 g/mol. The Morgan fingerprint density at radius 3 is 2.87 bits per heavy atom. The fraction of sp³-hybridized carbons (Fsp3) is 0.545. The summed E-state index contributed by atoms with van der Waals surface area (Å²) in [7, 11) is 2.04. The predicted molar refractivity (Wildman–Crippen MR) is 63.1 cm³/mol. The van der Waals surface area contributed by atoms with Crippen LogP contribution in [0.5, 0.6) is 0 Å². The van der Waals surface area contributed by atoms with E-state index in [2.05, 4.69) is 9.88 Å². The van der Waals surface area contributed by atoms with E-state index in [9.17, 15) is 0 Å². The van der Waals surface area contributed by atoms with Crippen molar-refractivity contribution >= 4 is 17.4 Å². The van der Waals surface area contributed by atoms with E-state index in [1.165, 1.54) is 12.8 Å². The minimum Gasteiger partial charge on any atom is -0.358 e. The van der Waals surface area contributed by atoms with Gasteiger partial charge in [0, 0.05) is 26.3 Å². The molecule has 2 N–H and O–H groups in total. The van der Waals surface area contributed by atoms with Crippen LogP contribution in [0.2, 0.25) is 5.02 Å². The number of hydrogen-bond acceptors (Lipinski definition) is 3. The molecule has 1 fully saturated rings. The first kappa shape index (κ1) is 10.7. The lowest BCUT2D eigenvalue weighted by molar-refractivity contribution is 0.776. The molecular formula is C11H16ClN3. The normalized spacial score (nSPS) is 15.4. The van der Waals surface area contributed by atoms with Crippen molar-refractivity contribution in [3.8, 4) is 0 Å². The summed E-state index contributed by atoms with van der Waals surface area (Å²) in [4.78, 5) is 6.47. The SMILES string of the molecule is CN(CC1CC1)c1ncc(CN)cc1Cl. The van der Waals surface area contributed by atoms with Crippen LogP contribution in [-0.4, -0.2) is 18.6 Å². The molecule has 0 bridgehead atoms. The van der Waals surface area contributed by atoms with Gasteiger partial charge >= 0.3 is 0 Å². The van der Waals surface area contributed by atoms with Crippen LogP contribution in [0.15, 0.2) is 12.3 Å². The highest BCUT2D eigenvalue weighted by Gasteiger charge is 2.24. The Labute approximate surface area is 95.2 Å².